The van der Waals surface area contributed by atoms with E-state index >= 15 is 0 Å². The van der Waals surface area contributed by atoms with Crippen molar-refractivity contribution in [3.8, 4) is 0 Å². The lowest BCUT2D eigenvalue weighted by Gasteiger charge is -2.04. The van der Waals surface area contributed by atoms with E-state index in [9.17, 15) is 16.8 Å². The van der Waals surface area contributed by atoms with Gasteiger partial charge in [0.2, 0.25) is 17.7 Å². The highest BCUT2D eigenvalue weighted by Crippen LogP contribution is 2.20. The third-order valence-electron chi connectivity index (χ3n) is 2.56. The van der Waals surface area contributed by atoms with Gasteiger partial charge in [0.25, 0.3) is 0 Å². The molecule has 0 unspecified atom stereocenters. The zero-order valence-corrected chi connectivity index (χ0v) is 15.6. The van der Waals surface area contributed by atoms with Crippen LogP contribution in [0.5, 0.6) is 0 Å². The molecule has 0 radical (unpaired) electrons. The van der Waals surface area contributed by atoms with E-state index in [0.717, 1.165) is 47.3 Å². The number of hydrogen-bond donors (Lipinski definition) is 0. The summed E-state index contributed by atoms with van der Waals surface area (Å²) in [4.78, 5) is 0. The van der Waals surface area contributed by atoms with Crippen LogP contribution in [0.1, 0.15) is 52.4 Å². The van der Waals surface area contributed by atoms with Crippen LogP contribution in [0.2, 0.25) is 0 Å². The van der Waals surface area contributed by atoms with Crippen LogP contribution in [0.3, 0.4) is 0 Å². The average Bonchev–Trinajstić information content (AvgIpc) is 2.38. The van der Waals surface area contributed by atoms with Gasteiger partial charge in [0, 0.05) is 11.5 Å². The van der Waals surface area contributed by atoms with Gasteiger partial charge in [-0.2, -0.15) is 0 Å². The van der Waals surface area contributed by atoms with Gasteiger partial charge in [-0.1, -0.05) is 26.7 Å². The Morgan fingerprint density at radius 2 is 1.00 bits per heavy atom. The molecule has 0 aliphatic heterocycles. The lowest BCUT2D eigenvalue weighted by molar-refractivity contribution is 0.605. The highest BCUT2D eigenvalue weighted by Gasteiger charge is 2.12. The van der Waals surface area contributed by atoms with Crippen LogP contribution in [0, 0.1) is 0 Å². The molecule has 0 heterocycles. The van der Waals surface area contributed by atoms with Crippen LogP contribution in [-0.2, 0) is 17.7 Å². The molecule has 0 saturated carbocycles. The maximum Gasteiger partial charge on any atom is 0.201 e. The van der Waals surface area contributed by atoms with Crippen molar-refractivity contribution in [3.05, 3.63) is 0 Å². The first-order chi connectivity index (χ1) is 9.33. The molecule has 0 aromatic rings. The second-order valence-electron chi connectivity index (χ2n) is 4.58. The van der Waals surface area contributed by atoms with Gasteiger partial charge in [-0.05, 0) is 47.3 Å². The van der Waals surface area contributed by atoms with Crippen LogP contribution >= 0.6 is 21.6 Å². The quantitative estimate of drug-likeness (QED) is 0.369. The van der Waals surface area contributed by atoms with Crippen molar-refractivity contribution in [2.75, 3.05) is 23.0 Å². The molecule has 122 valence electrons. The fourth-order valence-electron chi connectivity index (χ4n) is 1.34. The fraction of sp³-hybridized carbons (Fsp3) is 1.00. The molecule has 0 N–H and O–H groups in total. The van der Waals surface area contributed by atoms with Crippen molar-refractivity contribution >= 4 is 39.3 Å². The first kappa shape index (κ1) is 20.6. The third-order valence-corrected chi connectivity index (χ3v) is 9.92. The van der Waals surface area contributed by atoms with E-state index in [1.807, 2.05) is 13.8 Å². The molecule has 20 heavy (non-hydrogen) atoms. The molecular formula is C12H26O4S4. The van der Waals surface area contributed by atoms with Crippen LogP contribution in [0.25, 0.3) is 0 Å². The van der Waals surface area contributed by atoms with Crippen LogP contribution in [-0.4, -0.2) is 39.8 Å². The maximum absolute atomic E-state index is 11.6. The van der Waals surface area contributed by atoms with Crippen LogP contribution in [0.15, 0.2) is 0 Å². The lowest BCUT2D eigenvalue weighted by atomic mass is 10.4. The molecule has 0 aliphatic carbocycles. The van der Waals surface area contributed by atoms with E-state index < -0.39 is 17.7 Å². The van der Waals surface area contributed by atoms with E-state index in [1.165, 1.54) is 0 Å². The summed E-state index contributed by atoms with van der Waals surface area (Å²) in [5.74, 6) is 1.60. The Hall–Kier alpha value is 0.600. The van der Waals surface area contributed by atoms with Gasteiger partial charge >= 0.3 is 0 Å². The Kier molecular flexibility index (Phi) is 11.5. The molecular weight excluding hydrogens is 336 g/mol. The zero-order chi connectivity index (χ0) is 15.5. The number of unbranched alkanes of at least 4 members (excludes halogenated alkanes) is 3. The summed E-state index contributed by atoms with van der Waals surface area (Å²) in [6.45, 7) is 3.94. The molecule has 0 fully saturated rings. The van der Waals surface area contributed by atoms with Crippen molar-refractivity contribution in [1.82, 2.24) is 0 Å². The van der Waals surface area contributed by atoms with Crippen LogP contribution in [0.4, 0.5) is 0 Å². The molecule has 8 heteroatoms. The van der Waals surface area contributed by atoms with Crippen LogP contribution < -0.4 is 0 Å². The Labute approximate surface area is 131 Å². The Bertz CT molecular complexity index is 386. The van der Waals surface area contributed by atoms with Crippen molar-refractivity contribution in [3.63, 3.8) is 0 Å². The zero-order valence-electron chi connectivity index (χ0n) is 12.3. The summed E-state index contributed by atoms with van der Waals surface area (Å²) in [6.07, 6.45) is 4.67. The summed E-state index contributed by atoms with van der Waals surface area (Å²) < 4.78 is 46.2. The Balaban J connectivity index is 3.67. The van der Waals surface area contributed by atoms with Gasteiger partial charge in [0.1, 0.15) is 0 Å². The smallest absolute Gasteiger partial charge is 0.201 e. The minimum absolute atomic E-state index is 0.244. The second kappa shape index (κ2) is 11.2. The van der Waals surface area contributed by atoms with Gasteiger partial charge < -0.3 is 0 Å². The predicted molar refractivity (Wildman–Crippen MR) is 91.5 cm³/mol. The number of hydrogen-bond acceptors (Lipinski definition) is 6. The largest absolute Gasteiger partial charge is 0.217 e. The van der Waals surface area contributed by atoms with E-state index in [-0.39, 0.29) is 11.5 Å². The molecule has 4 nitrogen and oxygen atoms in total. The summed E-state index contributed by atoms with van der Waals surface area (Å²) >= 11 is 0. The summed E-state index contributed by atoms with van der Waals surface area (Å²) in [6, 6.07) is 0. The summed E-state index contributed by atoms with van der Waals surface area (Å²) in [5, 5.41) is 0. The highest BCUT2D eigenvalue weighted by molar-refractivity contribution is 8.72. The standard InChI is InChI=1S/C12H26O4S4/c1-3-5-11-19(13,14)17-9-7-8-10-18-20(15,16)12-6-4-2/h3-12H2,1-2H3. The van der Waals surface area contributed by atoms with Crippen molar-refractivity contribution in [1.29, 1.82) is 0 Å². The van der Waals surface area contributed by atoms with Gasteiger partial charge in [-0.3, -0.25) is 0 Å². The first-order valence-corrected chi connectivity index (χ1v) is 13.4. The van der Waals surface area contributed by atoms with Crippen molar-refractivity contribution in [2.45, 2.75) is 52.4 Å². The van der Waals surface area contributed by atoms with Gasteiger partial charge in [-0.15, -0.1) is 0 Å². The number of rotatable bonds is 13. The molecule has 0 rings (SSSR count). The molecule has 0 bridgehead atoms. The Morgan fingerprint density at radius 3 is 1.30 bits per heavy atom. The SMILES string of the molecule is CCCCS(=O)(=O)SCCCCSS(=O)(=O)CCCC. The third kappa shape index (κ3) is 12.3. The normalized spacial score (nSPS) is 12.7. The summed E-state index contributed by atoms with van der Waals surface area (Å²) in [7, 11) is -3.95. The molecule has 0 aromatic carbocycles. The van der Waals surface area contributed by atoms with Gasteiger partial charge in [0.15, 0.2) is 0 Å². The summed E-state index contributed by atoms with van der Waals surface area (Å²) in [5.41, 5.74) is 0. The first-order valence-electron chi connectivity index (χ1n) is 7.07. The monoisotopic (exact) mass is 362 g/mol. The molecule has 0 aliphatic rings. The molecule has 0 aromatic heterocycles. The molecule has 0 atom stereocenters. The predicted octanol–water partition coefficient (Wildman–Crippen LogP) is 3.49. The minimum atomic E-state index is -2.98. The maximum atomic E-state index is 11.6. The average molecular weight is 363 g/mol. The highest BCUT2D eigenvalue weighted by atomic mass is 33.1. The topological polar surface area (TPSA) is 68.3 Å². The molecule has 0 amide bonds. The molecule has 0 spiro atoms. The molecule has 0 saturated heterocycles. The van der Waals surface area contributed by atoms with E-state index in [1.54, 1.807) is 0 Å². The minimum Gasteiger partial charge on any atom is -0.217 e. The fourth-order valence-corrected chi connectivity index (χ4v) is 7.65. The van der Waals surface area contributed by atoms with Crippen molar-refractivity contribution < 1.29 is 16.8 Å². The van der Waals surface area contributed by atoms with Gasteiger partial charge in [0.05, 0.1) is 11.5 Å². The van der Waals surface area contributed by atoms with E-state index in [2.05, 4.69) is 0 Å². The van der Waals surface area contributed by atoms with E-state index in [4.69, 9.17) is 0 Å². The van der Waals surface area contributed by atoms with E-state index in [0.29, 0.717) is 24.3 Å². The van der Waals surface area contributed by atoms with Crippen molar-refractivity contribution in [2.24, 2.45) is 0 Å². The van der Waals surface area contributed by atoms with Gasteiger partial charge in [-0.25, -0.2) is 16.8 Å². The Morgan fingerprint density at radius 1 is 0.650 bits per heavy atom. The second-order valence-corrected chi connectivity index (χ2v) is 13.4. The lowest BCUT2D eigenvalue weighted by Crippen LogP contribution is -2.03.